The van der Waals surface area contributed by atoms with Crippen LogP contribution in [0.3, 0.4) is 0 Å². The minimum Gasteiger partial charge on any atom is -0.473 e. The summed E-state index contributed by atoms with van der Waals surface area (Å²) in [7, 11) is 4.13. The van der Waals surface area contributed by atoms with Crippen molar-refractivity contribution < 1.29 is 9.47 Å². The summed E-state index contributed by atoms with van der Waals surface area (Å²) in [5, 5.41) is 2.47. The molecule has 0 N–H and O–H groups in total. The van der Waals surface area contributed by atoms with E-state index in [1.807, 2.05) is 0 Å². The topological polar surface area (TPSA) is 24.9 Å². The zero-order valence-electron chi connectivity index (χ0n) is 20.3. The molecule has 0 aromatic heterocycles. The van der Waals surface area contributed by atoms with E-state index in [4.69, 9.17) is 9.47 Å². The standard InChI is InChI=1S/C31H30N2O2/c1-32(2)25-14-12-24(13-15-25)31(23-8-4-3-5-9-23)17-16-28-26-10-6-7-11-27(26)29(22-30(28)35-31)33-18-20-34-21-19-33/h3-17,22H,18-21H2,1-2H3. The van der Waals surface area contributed by atoms with E-state index in [-0.39, 0.29) is 0 Å². The van der Waals surface area contributed by atoms with Crippen LogP contribution in [0.5, 0.6) is 5.75 Å². The fourth-order valence-electron chi connectivity index (χ4n) is 5.25. The van der Waals surface area contributed by atoms with Crippen LogP contribution in [-0.2, 0) is 10.3 Å². The predicted octanol–water partition coefficient (Wildman–Crippen LogP) is 6.09. The zero-order valence-corrected chi connectivity index (χ0v) is 20.3. The molecule has 1 fully saturated rings. The van der Waals surface area contributed by atoms with Gasteiger partial charge >= 0.3 is 0 Å². The number of morpholine rings is 1. The SMILES string of the molecule is CN(C)c1ccc(C2(c3ccccc3)C=Cc3c(cc(N4CCOCC4)c4ccccc34)O2)cc1. The maximum atomic E-state index is 7.07. The minimum atomic E-state index is -0.705. The lowest BCUT2D eigenvalue weighted by Crippen LogP contribution is -2.37. The highest BCUT2D eigenvalue weighted by Crippen LogP contribution is 2.46. The van der Waals surface area contributed by atoms with Gasteiger partial charge in [-0.3, -0.25) is 0 Å². The first-order valence-electron chi connectivity index (χ1n) is 12.3. The molecule has 0 bridgehead atoms. The number of nitrogens with zero attached hydrogens (tertiary/aromatic N) is 2. The van der Waals surface area contributed by atoms with Crippen molar-refractivity contribution in [2.24, 2.45) is 0 Å². The Morgan fingerprint density at radius 1 is 0.771 bits per heavy atom. The maximum Gasteiger partial charge on any atom is 0.178 e. The molecule has 4 aromatic rings. The number of benzene rings is 4. The molecule has 1 atom stereocenters. The summed E-state index contributed by atoms with van der Waals surface area (Å²) in [4.78, 5) is 4.54. The van der Waals surface area contributed by atoms with Crippen molar-refractivity contribution in [2.75, 3.05) is 50.2 Å². The molecule has 4 heteroatoms. The van der Waals surface area contributed by atoms with Gasteiger partial charge in [-0.05, 0) is 29.7 Å². The lowest BCUT2D eigenvalue weighted by Gasteiger charge is -2.38. The fraction of sp³-hybridized carbons (Fsp3) is 0.226. The quantitative estimate of drug-likeness (QED) is 0.366. The number of rotatable bonds is 4. The van der Waals surface area contributed by atoms with Gasteiger partial charge in [0.1, 0.15) is 5.75 Å². The monoisotopic (exact) mass is 462 g/mol. The summed E-state index contributed by atoms with van der Waals surface area (Å²) in [6.45, 7) is 3.26. The van der Waals surface area contributed by atoms with E-state index in [0.717, 1.165) is 54.4 Å². The van der Waals surface area contributed by atoms with E-state index in [2.05, 4.69) is 121 Å². The van der Waals surface area contributed by atoms with Gasteiger partial charge in [-0.15, -0.1) is 0 Å². The van der Waals surface area contributed by atoms with Crippen LogP contribution < -0.4 is 14.5 Å². The van der Waals surface area contributed by atoms with E-state index < -0.39 is 5.60 Å². The van der Waals surface area contributed by atoms with Gasteiger partial charge in [0.25, 0.3) is 0 Å². The Balaban J connectivity index is 1.53. The van der Waals surface area contributed by atoms with Gasteiger partial charge in [0.15, 0.2) is 5.60 Å². The van der Waals surface area contributed by atoms with Crippen LogP contribution in [-0.4, -0.2) is 40.4 Å². The van der Waals surface area contributed by atoms with Crippen LogP contribution in [0.2, 0.25) is 0 Å². The van der Waals surface area contributed by atoms with Gasteiger partial charge in [-0.2, -0.15) is 0 Å². The van der Waals surface area contributed by atoms with Gasteiger partial charge in [-0.25, -0.2) is 0 Å². The Bertz CT molecular complexity index is 1370. The molecule has 1 saturated heterocycles. The molecular formula is C31H30N2O2. The third kappa shape index (κ3) is 3.75. The first-order chi connectivity index (χ1) is 17.2. The van der Waals surface area contributed by atoms with Crippen LogP contribution in [0.1, 0.15) is 16.7 Å². The molecule has 0 amide bonds. The summed E-state index contributed by atoms with van der Waals surface area (Å²) in [5.74, 6) is 0.910. The molecule has 4 aromatic carbocycles. The molecule has 2 aliphatic rings. The molecule has 0 spiro atoms. The van der Waals surface area contributed by atoms with E-state index in [1.165, 1.54) is 16.5 Å². The van der Waals surface area contributed by atoms with Crippen molar-refractivity contribution in [3.63, 3.8) is 0 Å². The number of hydrogen-bond acceptors (Lipinski definition) is 4. The maximum absolute atomic E-state index is 7.07. The van der Waals surface area contributed by atoms with E-state index in [1.54, 1.807) is 0 Å². The zero-order chi connectivity index (χ0) is 23.8. The molecule has 1 unspecified atom stereocenters. The van der Waals surface area contributed by atoms with E-state index >= 15 is 0 Å². The third-order valence-electron chi connectivity index (χ3n) is 7.15. The lowest BCUT2D eigenvalue weighted by atomic mass is 9.83. The van der Waals surface area contributed by atoms with Gasteiger partial charge in [0.05, 0.1) is 13.2 Å². The predicted molar refractivity (Wildman–Crippen MR) is 145 cm³/mol. The molecule has 35 heavy (non-hydrogen) atoms. The Morgan fingerprint density at radius 2 is 1.43 bits per heavy atom. The van der Waals surface area contributed by atoms with Crippen LogP contribution >= 0.6 is 0 Å². The molecular weight excluding hydrogens is 432 g/mol. The largest absolute Gasteiger partial charge is 0.473 e. The molecule has 2 heterocycles. The van der Waals surface area contributed by atoms with Crippen LogP contribution in [0.25, 0.3) is 16.8 Å². The average molecular weight is 463 g/mol. The van der Waals surface area contributed by atoms with Gasteiger partial charge in [0, 0.05) is 66.7 Å². The van der Waals surface area contributed by atoms with Crippen molar-refractivity contribution in [1.82, 2.24) is 0 Å². The van der Waals surface area contributed by atoms with Crippen molar-refractivity contribution in [3.05, 3.63) is 108 Å². The Hall–Kier alpha value is -3.76. The highest BCUT2D eigenvalue weighted by atomic mass is 16.5. The van der Waals surface area contributed by atoms with Gasteiger partial charge in [-0.1, -0.05) is 66.7 Å². The Labute approximate surface area is 207 Å². The van der Waals surface area contributed by atoms with Crippen LogP contribution in [0.15, 0.2) is 91.0 Å². The molecule has 176 valence electrons. The van der Waals surface area contributed by atoms with Crippen LogP contribution in [0, 0.1) is 0 Å². The highest BCUT2D eigenvalue weighted by Gasteiger charge is 2.38. The average Bonchev–Trinajstić information content (AvgIpc) is 2.93. The summed E-state index contributed by atoms with van der Waals surface area (Å²) < 4.78 is 12.7. The minimum absolute atomic E-state index is 0.705. The smallest absolute Gasteiger partial charge is 0.178 e. The second-order valence-corrected chi connectivity index (χ2v) is 9.43. The Kier molecular flexibility index (Phi) is 5.46. The molecule has 0 saturated carbocycles. The van der Waals surface area contributed by atoms with Gasteiger partial charge in [0.2, 0.25) is 0 Å². The molecule has 2 aliphatic heterocycles. The number of anilines is 2. The molecule has 4 nitrogen and oxygen atoms in total. The summed E-state index contributed by atoms with van der Waals surface area (Å²) in [5.41, 5.74) is 5.02. The Morgan fingerprint density at radius 3 is 2.14 bits per heavy atom. The van der Waals surface area contributed by atoms with Crippen molar-refractivity contribution in [1.29, 1.82) is 0 Å². The summed E-state index contributed by atoms with van der Waals surface area (Å²) >= 11 is 0. The van der Waals surface area contributed by atoms with E-state index in [9.17, 15) is 0 Å². The third-order valence-corrected chi connectivity index (χ3v) is 7.15. The fourth-order valence-corrected chi connectivity index (χ4v) is 5.25. The lowest BCUT2D eigenvalue weighted by molar-refractivity contribution is 0.122. The number of ether oxygens (including phenoxy) is 2. The summed E-state index contributed by atoms with van der Waals surface area (Å²) in [6, 6.07) is 30.1. The first-order valence-corrected chi connectivity index (χ1v) is 12.3. The second kappa shape index (κ2) is 8.79. The molecule has 0 aliphatic carbocycles. The highest BCUT2D eigenvalue weighted by molar-refractivity contribution is 6.02. The summed E-state index contributed by atoms with van der Waals surface area (Å²) in [6.07, 6.45) is 4.47. The first kappa shape index (κ1) is 21.8. The van der Waals surface area contributed by atoms with E-state index in [0.29, 0.717) is 0 Å². The molecule has 6 rings (SSSR count). The van der Waals surface area contributed by atoms with Gasteiger partial charge < -0.3 is 19.3 Å². The normalized spacial score (nSPS) is 19.3. The number of fused-ring (bicyclic) bond motifs is 3. The van der Waals surface area contributed by atoms with Crippen molar-refractivity contribution in [2.45, 2.75) is 5.60 Å². The second-order valence-electron chi connectivity index (χ2n) is 9.43. The van der Waals surface area contributed by atoms with Crippen molar-refractivity contribution >= 4 is 28.2 Å². The number of hydrogen-bond donors (Lipinski definition) is 0. The van der Waals surface area contributed by atoms with Crippen molar-refractivity contribution in [3.8, 4) is 5.75 Å². The van der Waals surface area contributed by atoms with Crippen LogP contribution in [0.4, 0.5) is 11.4 Å². The molecule has 0 radical (unpaired) electrons.